The first-order chi connectivity index (χ1) is 12.0. The van der Waals surface area contributed by atoms with Crippen LogP contribution in [0.4, 0.5) is 4.39 Å². The molecule has 2 aromatic rings. The van der Waals surface area contributed by atoms with Crippen LogP contribution in [0.5, 0.6) is 11.5 Å². The largest absolute Gasteiger partial charge is 0.507 e. The summed E-state index contributed by atoms with van der Waals surface area (Å²) in [6.45, 7) is 2.33. The molecule has 0 heterocycles. The number of halogens is 1. The number of phenols is 1. The third-order valence-corrected chi connectivity index (χ3v) is 4.26. The van der Waals surface area contributed by atoms with E-state index in [-0.39, 0.29) is 17.1 Å². The van der Waals surface area contributed by atoms with Crippen LogP contribution in [-0.4, -0.2) is 22.8 Å². The molecule has 0 radical (unpaired) electrons. The molecule has 130 valence electrons. The van der Waals surface area contributed by atoms with Gasteiger partial charge in [-0.15, -0.1) is 0 Å². The van der Waals surface area contributed by atoms with Crippen molar-refractivity contribution in [3.63, 3.8) is 0 Å². The predicted molar refractivity (Wildman–Crippen MR) is 93.4 cm³/mol. The van der Waals surface area contributed by atoms with E-state index in [1.165, 1.54) is 18.2 Å². The van der Waals surface area contributed by atoms with E-state index < -0.39 is 5.97 Å². The van der Waals surface area contributed by atoms with Crippen molar-refractivity contribution < 1.29 is 24.1 Å². The maximum atomic E-state index is 13.0. The topological polar surface area (TPSA) is 66.8 Å². The van der Waals surface area contributed by atoms with E-state index in [1.54, 1.807) is 31.2 Å². The average Bonchev–Trinajstić information content (AvgIpc) is 3.39. The van der Waals surface area contributed by atoms with Crippen molar-refractivity contribution in [2.75, 3.05) is 6.61 Å². The SMILES string of the molecule is Cc1c(OCC2CC2)cc(O)c(C(=O)O)c1C=Cc1ccc(F)cc1. The quantitative estimate of drug-likeness (QED) is 0.759. The summed E-state index contributed by atoms with van der Waals surface area (Å²) in [6.07, 6.45) is 5.55. The van der Waals surface area contributed by atoms with Gasteiger partial charge in [-0.25, -0.2) is 9.18 Å². The minimum Gasteiger partial charge on any atom is -0.507 e. The molecule has 0 unspecified atom stereocenters. The zero-order chi connectivity index (χ0) is 18.0. The summed E-state index contributed by atoms with van der Waals surface area (Å²) in [5, 5.41) is 19.6. The molecule has 1 aliphatic carbocycles. The van der Waals surface area contributed by atoms with Gasteiger partial charge in [0.25, 0.3) is 0 Å². The molecule has 25 heavy (non-hydrogen) atoms. The molecule has 0 amide bonds. The predicted octanol–water partition coefficient (Wildman–Crippen LogP) is 4.50. The Morgan fingerprint density at radius 1 is 1.28 bits per heavy atom. The zero-order valence-electron chi connectivity index (χ0n) is 13.8. The number of hydrogen-bond acceptors (Lipinski definition) is 3. The summed E-state index contributed by atoms with van der Waals surface area (Å²) < 4.78 is 18.7. The Kier molecular flexibility index (Phi) is 4.74. The molecule has 1 saturated carbocycles. The molecular formula is C20H19FO4. The van der Waals surface area contributed by atoms with E-state index in [2.05, 4.69) is 0 Å². The van der Waals surface area contributed by atoms with Crippen LogP contribution in [-0.2, 0) is 0 Å². The molecule has 3 rings (SSSR count). The first-order valence-corrected chi connectivity index (χ1v) is 8.12. The third-order valence-electron chi connectivity index (χ3n) is 4.26. The second-order valence-electron chi connectivity index (χ2n) is 6.25. The number of carboxylic acids is 1. The van der Waals surface area contributed by atoms with Gasteiger partial charge in [0.1, 0.15) is 22.9 Å². The molecule has 0 bridgehead atoms. The summed E-state index contributed by atoms with van der Waals surface area (Å²) in [7, 11) is 0. The van der Waals surface area contributed by atoms with E-state index in [0.29, 0.717) is 29.4 Å². The Labute approximate surface area is 145 Å². The second kappa shape index (κ2) is 6.97. The van der Waals surface area contributed by atoms with E-state index in [9.17, 15) is 19.4 Å². The van der Waals surface area contributed by atoms with E-state index in [0.717, 1.165) is 18.4 Å². The number of carboxylic acid groups (broad SMARTS) is 1. The number of carbonyl (C=O) groups is 1. The van der Waals surface area contributed by atoms with Gasteiger partial charge in [-0.1, -0.05) is 24.3 Å². The Morgan fingerprint density at radius 2 is 1.96 bits per heavy atom. The fraction of sp³-hybridized carbons (Fsp3) is 0.250. The van der Waals surface area contributed by atoms with Crippen molar-refractivity contribution in [1.82, 2.24) is 0 Å². The lowest BCUT2D eigenvalue weighted by Gasteiger charge is -2.14. The van der Waals surface area contributed by atoms with E-state index in [1.807, 2.05) is 0 Å². The van der Waals surface area contributed by atoms with Gasteiger partial charge >= 0.3 is 5.97 Å². The van der Waals surface area contributed by atoms with Crippen LogP contribution in [0.2, 0.25) is 0 Å². The lowest BCUT2D eigenvalue weighted by molar-refractivity contribution is 0.0693. The van der Waals surface area contributed by atoms with Gasteiger partial charge in [0.15, 0.2) is 0 Å². The molecule has 0 atom stereocenters. The molecule has 1 fully saturated rings. The molecule has 0 spiro atoms. The maximum absolute atomic E-state index is 13.0. The van der Waals surface area contributed by atoms with Crippen molar-refractivity contribution in [1.29, 1.82) is 0 Å². The second-order valence-corrected chi connectivity index (χ2v) is 6.25. The first-order valence-electron chi connectivity index (χ1n) is 8.12. The standard InChI is InChI=1S/C20H19FO4/c1-12-16(9-6-13-4-7-15(21)8-5-13)19(20(23)24)17(22)10-18(12)25-11-14-2-3-14/h4-10,14,22H,2-3,11H2,1H3,(H,23,24). The van der Waals surface area contributed by atoms with Gasteiger partial charge in [-0.05, 0) is 54.5 Å². The van der Waals surface area contributed by atoms with Crippen molar-refractivity contribution in [2.24, 2.45) is 5.92 Å². The molecule has 5 heteroatoms. The summed E-state index contributed by atoms with van der Waals surface area (Å²) in [4.78, 5) is 11.6. The number of rotatable bonds is 6. The number of aromatic carboxylic acids is 1. The average molecular weight is 342 g/mol. The highest BCUT2D eigenvalue weighted by atomic mass is 19.1. The lowest BCUT2D eigenvalue weighted by Crippen LogP contribution is -2.06. The first kappa shape index (κ1) is 17.0. The Hall–Kier alpha value is -2.82. The maximum Gasteiger partial charge on any atom is 0.340 e. The molecule has 1 aliphatic rings. The van der Waals surface area contributed by atoms with Crippen molar-refractivity contribution in [3.05, 3.63) is 58.4 Å². The number of aromatic hydroxyl groups is 1. The molecule has 0 aliphatic heterocycles. The van der Waals surface area contributed by atoms with Gasteiger partial charge in [0, 0.05) is 6.07 Å². The number of hydrogen-bond donors (Lipinski definition) is 2. The molecule has 2 N–H and O–H groups in total. The minimum atomic E-state index is -1.21. The number of benzene rings is 2. The van der Waals surface area contributed by atoms with Crippen LogP contribution in [0.1, 0.15) is 39.9 Å². The van der Waals surface area contributed by atoms with E-state index in [4.69, 9.17) is 4.74 Å². The Bertz CT molecular complexity index is 821. The van der Waals surface area contributed by atoms with Crippen LogP contribution in [0.15, 0.2) is 30.3 Å². The van der Waals surface area contributed by atoms with Crippen LogP contribution in [0, 0.1) is 18.7 Å². The van der Waals surface area contributed by atoms with Crippen LogP contribution >= 0.6 is 0 Å². The molecule has 2 aromatic carbocycles. The van der Waals surface area contributed by atoms with Gasteiger partial charge in [0.2, 0.25) is 0 Å². The van der Waals surface area contributed by atoms with Crippen LogP contribution in [0.25, 0.3) is 12.2 Å². The fourth-order valence-electron chi connectivity index (χ4n) is 2.59. The van der Waals surface area contributed by atoms with Crippen molar-refractivity contribution in [3.8, 4) is 11.5 Å². The summed E-state index contributed by atoms with van der Waals surface area (Å²) >= 11 is 0. The van der Waals surface area contributed by atoms with Crippen LogP contribution < -0.4 is 4.74 Å². The molecule has 0 aromatic heterocycles. The molecular weight excluding hydrogens is 323 g/mol. The highest BCUT2D eigenvalue weighted by Crippen LogP contribution is 2.36. The van der Waals surface area contributed by atoms with Gasteiger partial charge in [-0.3, -0.25) is 0 Å². The summed E-state index contributed by atoms with van der Waals surface area (Å²) in [5.41, 5.74) is 1.58. The lowest BCUT2D eigenvalue weighted by atomic mass is 9.98. The van der Waals surface area contributed by atoms with Crippen LogP contribution in [0.3, 0.4) is 0 Å². The zero-order valence-corrected chi connectivity index (χ0v) is 13.8. The minimum absolute atomic E-state index is 0.172. The molecule has 4 nitrogen and oxygen atoms in total. The monoisotopic (exact) mass is 342 g/mol. The number of ether oxygens (including phenoxy) is 1. The smallest absolute Gasteiger partial charge is 0.340 e. The molecule has 0 saturated heterocycles. The fourth-order valence-corrected chi connectivity index (χ4v) is 2.59. The highest BCUT2D eigenvalue weighted by molar-refractivity contribution is 5.97. The van der Waals surface area contributed by atoms with Crippen molar-refractivity contribution >= 4 is 18.1 Å². The summed E-state index contributed by atoms with van der Waals surface area (Å²) in [5.74, 6) is -0.865. The van der Waals surface area contributed by atoms with E-state index >= 15 is 0 Å². The summed E-state index contributed by atoms with van der Waals surface area (Å²) in [6, 6.07) is 7.20. The Morgan fingerprint density at radius 3 is 2.56 bits per heavy atom. The highest BCUT2D eigenvalue weighted by Gasteiger charge is 2.24. The Balaban J connectivity index is 1.98. The van der Waals surface area contributed by atoms with Gasteiger partial charge in [0.05, 0.1) is 6.61 Å². The normalized spacial score (nSPS) is 14.0. The van der Waals surface area contributed by atoms with Gasteiger partial charge in [-0.2, -0.15) is 0 Å². The third kappa shape index (κ3) is 3.99. The van der Waals surface area contributed by atoms with Crippen molar-refractivity contribution in [2.45, 2.75) is 19.8 Å². The van der Waals surface area contributed by atoms with Gasteiger partial charge < -0.3 is 14.9 Å².